The van der Waals surface area contributed by atoms with Gasteiger partial charge in [0.2, 0.25) is 10.0 Å². The van der Waals surface area contributed by atoms with Gasteiger partial charge < -0.3 is 15.0 Å². The van der Waals surface area contributed by atoms with Crippen LogP contribution in [-0.2, 0) is 17.1 Å². The summed E-state index contributed by atoms with van der Waals surface area (Å²) in [5.74, 6) is 0.230. The van der Waals surface area contributed by atoms with Crippen LogP contribution in [0.5, 0.6) is 5.75 Å². The van der Waals surface area contributed by atoms with Gasteiger partial charge in [-0.25, -0.2) is 27.9 Å². The highest BCUT2D eigenvalue weighted by Gasteiger charge is 2.28. The number of carbonyl (C=O) groups excluding carboxylic acids is 1. The smallest absolute Gasteiger partial charge is 0.406 e. The van der Waals surface area contributed by atoms with Crippen LogP contribution in [0.1, 0.15) is 19.3 Å². The molecular formula is C21H22ClN7O4S. The molecule has 34 heavy (non-hydrogen) atoms. The predicted molar refractivity (Wildman–Crippen MR) is 127 cm³/mol. The first-order valence-corrected chi connectivity index (χ1v) is 12.9. The third-order valence-electron chi connectivity index (χ3n) is 5.74. The van der Waals surface area contributed by atoms with Crippen molar-refractivity contribution in [2.24, 2.45) is 7.05 Å². The Bertz CT molecular complexity index is 1510. The highest BCUT2D eigenvalue weighted by molar-refractivity contribution is 7.88. The number of amides is 1. The number of carbonyl (C=O) groups is 1. The lowest BCUT2D eigenvalue weighted by Gasteiger charge is -2.13. The second-order valence-electron chi connectivity index (χ2n) is 8.37. The Morgan fingerprint density at radius 3 is 2.88 bits per heavy atom. The van der Waals surface area contributed by atoms with Crippen LogP contribution in [0.15, 0.2) is 30.6 Å². The fourth-order valence-electron chi connectivity index (χ4n) is 4.30. The van der Waals surface area contributed by atoms with Gasteiger partial charge in [-0.3, -0.25) is 4.68 Å². The minimum absolute atomic E-state index is 0.190. The van der Waals surface area contributed by atoms with E-state index in [1.54, 1.807) is 16.9 Å². The van der Waals surface area contributed by atoms with Crippen LogP contribution in [0, 0.1) is 0 Å². The number of ether oxygens (including phenoxy) is 1. The molecule has 0 spiro atoms. The summed E-state index contributed by atoms with van der Waals surface area (Å²) >= 11 is 6.12. The lowest BCUT2D eigenvalue weighted by molar-refractivity contribution is 0.196. The highest BCUT2D eigenvalue weighted by Crippen LogP contribution is 2.31. The van der Waals surface area contributed by atoms with Gasteiger partial charge in [0.1, 0.15) is 11.4 Å². The molecule has 1 aliphatic carbocycles. The number of sulfonamides is 1. The lowest BCUT2D eigenvalue weighted by atomic mass is 10.2. The number of nitrogens with zero attached hydrogens (tertiary/aromatic N) is 4. The first-order chi connectivity index (χ1) is 16.2. The monoisotopic (exact) mass is 503 g/mol. The molecule has 5 rings (SSSR count). The molecule has 2 unspecified atom stereocenters. The molecule has 1 aromatic carbocycles. The zero-order valence-corrected chi connectivity index (χ0v) is 19.9. The third-order valence-corrected chi connectivity index (χ3v) is 6.74. The predicted octanol–water partition coefficient (Wildman–Crippen LogP) is 2.72. The number of nitrogens with one attached hydrogen (secondary N) is 3. The van der Waals surface area contributed by atoms with Crippen LogP contribution < -0.4 is 14.8 Å². The molecule has 3 N–H and O–H groups in total. The topological polar surface area (TPSA) is 144 Å². The van der Waals surface area contributed by atoms with Crippen LogP contribution in [0.3, 0.4) is 0 Å². The molecule has 3 aromatic heterocycles. The van der Waals surface area contributed by atoms with Crippen molar-refractivity contribution in [1.82, 2.24) is 34.8 Å². The fraction of sp³-hybridized carbons (Fsp3) is 0.333. The maximum Gasteiger partial charge on any atom is 0.412 e. The van der Waals surface area contributed by atoms with E-state index in [4.69, 9.17) is 16.3 Å². The molecule has 1 fully saturated rings. The number of halogens is 1. The minimum atomic E-state index is -3.29. The van der Waals surface area contributed by atoms with Crippen molar-refractivity contribution in [2.45, 2.75) is 31.3 Å². The molecule has 1 amide bonds. The molecule has 0 radical (unpaired) electrons. The summed E-state index contributed by atoms with van der Waals surface area (Å²) in [6, 6.07) is 5.10. The summed E-state index contributed by atoms with van der Waals surface area (Å²) in [7, 11) is -1.47. The number of aryl methyl sites for hydroxylation is 1. The maximum absolute atomic E-state index is 12.5. The first-order valence-electron chi connectivity index (χ1n) is 10.6. The van der Waals surface area contributed by atoms with Crippen LogP contribution in [0.4, 0.5) is 4.79 Å². The van der Waals surface area contributed by atoms with Crippen LogP contribution >= 0.6 is 11.6 Å². The molecule has 4 aromatic rings. The van der Waals surface area contributed by atoms with E-state index in [0.717, 1.165) is 17.2 Å². The normalized spacial score (nSPS) is 18.6. The number of aromatic amines is 1. The van der Waals surface area contributed by atoms with Crippen molar-refractivity contribution in [3.63, 3.8) is 0 Å². The van der Waals surface area contributed by atoms with Crippen molar-refractivity contribution in [3.05, 3.63) is 35.6 Å². The van der Waals surface area contributed by atoms with Gasteiger partial charge in [0.25, 0.3) is 0 Å². The molecule has 178 valence electrons. The van der Waals surface area contributed by atoms with Crippen molar-refractivity contribution < 1.29 is 17.9 Å². The van der Waals surface area contributed by atoms with Crippen molar-refractivity contribution >= 4 is 49.8 Å². The summed E-state index contributed by atoms with van der Waals surface area (Å²) in [4.78, 5) is 24.5. The van der Waals surface area contributed by atoms with E-state index in [2.05, 4.69) is 30.1 Å². The summed E-state index contributed by atoms with van der Waals surface area (Å²) < 4.78 is 32.6. The van der Waals surface area contributed by atoms with E-state index in [1.807, 2.05) is 19.2 Å². The molecule has 11 nitrogen and oxygen atoms in total. The fourth-order valence-corrected chi connectivity index (χ4v) is 5.28. The van der Waals surface area contributed by atoms with Crippen LogP contribution in [0.2, 0.25) is 5.02 Å². The SMILES string of the molecule is Cn1nc(-c2cnc3[nH]cc(OC(=O)NC4CCC(NS(C)(=O)=O)C4)c3n2)c2ccc(Cl)cc21. The van der Waals surface area contributed by atoms with Gasteiger partial charge in [-0.2, -0.15) is 5.10 Å². The standard InChI is InChI=1S/C21H22ClN7O4S/c1-29-16-7-11(22)3-6-14(16)18(27-29)15-9-23-20-19(26-15)17(10-24-20)33-21(30)25-12-4-5-13(8-12)28-34(2,31)32/h3,6-7,9-10,12-13,28H,4-5,8H2,1-2H3,(H,23,24)(H,25,30). The van der Waals surface area contributed by atoms with Gasteiger partial charge >= 0.3 is 6.09 Å². The molecule has 2 atom stereocenters. The number of hydrogen-bond acceptors (Lipinski definition) is 7. The first kappa shape index (κ1) is 22.6. The van der Waals surface area contributed by atoms with Crippen molar-refractivity contribution in [2.75, 3.05) is 6.26 Å². The van der Waals surface area contributed by atoms with Gasteiger partial charge in [-0.05, 0) is 37.5 Å². The molecule has 1 aliphatic rings. The Balaban J connectivity index is 1.35. The van der Waals surface area contributed by atoms with Crippen LogP contribution in [-0.4, -0.2) is 57.6 Å². The zero-order valence-electron chi connectivity index (χ0n) is 18.4. The summed E-state index contributed by atoms with van der Waals surface area (Å²) in [5, 5.41) is 8.83. The van der Waals surface area contributed by atoms with Gasteiger partial charge in [0, 0.05) is 35.7 Å². The highest BCUT2D eigenvalue weighted by atomic mass is 35.5. The number of H-pyrrole nitrogens is 1. The molecule has 0 saturated heterocycles. The molecule has 13 heteroatoms. The molecule has 3 heterocycles. The molecule has 0 bridgehead atoms. The second kappa shape index (κ2) is 8.53. The van der Waals surface area contributed by atoms with E-state index in [1.165, 1.54) is 6.20 Å². The van der Waals surface area contributed by atoms with E-state index in [9.17, 15) is 13.2 Å². The number of rotatable bonds is 5. The lowest BCUT2D eigenvalue weighted by Crippen LogP contribution is -2.38. The van der Waals surface area contributed by atoms with Gasteiger partial charge in [-0.1, -0.05) is 11.6 Å². The quantitative estimate of drug-likeness (QED) is 0.379. The summed E-state index contributed by atoms with van der Waals surface area (Å²) in [6.45, 7) is 0. The molecule has 0 aliphatic heterocycles. The Labute approximate surface area is 199 Å². The number of aromatic nitrogens is 5. The van der Waals surface area contributed by atoms with Crippen LogP contribution in [0.25, 0.3) is 33.5 Å². The largest absolute Gasteiger partial charge is 0.412 e. The summed E-state index contributed by atoms with van der Waals surface area (Å²) in [5.41, 5.74) is 2.87. The van der Waals surface area contributed by atoms with Crippen molar-refractivity contribution in [1.29, 1.82) is 0 Å². The third kappa shape index (κ3) is 4.56. The minimum Gasteiger partial charge on any atom is -0.406 e. The van der Waals surface area contributed by atoms with E-state index in [-0.39, 0.29) is 17.8 Å². The maximum atomic E-state index is 12.5. The number of fused-ring (bicyclic) bond motifs is 2. The Morgan fingerprint density at radius 1 is 1.29 bits per heavy atom. The molecule has 1 saturated carbocycles. The molecular weight excluding hydrogens is 482 g/mol. The summed E-state index contributed by atoms with van der Waals surface area (Å²) in [6.07, 6.45) is 5.39. The number of hydrogen-bond donors (Lipinski definition) is 3. The number of benzene rings is 1. The van der Waals surface area contributed by atoms with Gasteiger partial charge in [0.15, 0.2) is 16.9 Å². The van der Waals surface area contributed by atoms with Gasteiger partial charge in [-0.15, -0.1) is 0 Å². The van der Waals surface area contributed by atoms with Crippen molar-refractivity contribution in [3.8, 4) is 17.1 Å². The average molecular weight is 504 g/mol. The average Bonchev–Trinajstić information content (AvgIpc) is 3.45. The Kier molecular flexibility index (Phi) is 5.66. The van der Waals surface area contributed by atoms with Gasteiger partial charge in [0.05, 0.1) is 18.0 Å². The Morgan fingerprint density at radius 2 is 2.09 bits per heavy atom. The van der Waals surface area contributed by atoms with E-state index in [0.29, 0.717) is 46.8 Å². The van der Waals surface area contributed by atoms with E-state index >= 15 is 0 Å². The van der Waals surface area contributed by atoms with E-state index < -0.39 is 16.1 Å². The second-order valence-corrected chi connectivity index (χ2v) is 10.6. The zero-order chi connectivity index (χ0) is 24.0. The Hall–Kier alpha value is -3.22.